The monoisotopic (exact) mass is 177 g/mol. The van der Waals surface area contributed by atoms with Gasteiger partial charge in [0, 0.05) is 12.1 Å². The van der Waals surface area contributed by atoms with Crippen molar-refractivity contribution in [2.45, 2.75) is 6.92 Å². The molecular weight excluding hydrogens is 169 g/mol. The molecule has 0 atom stereocenters. The van der Waals surface area contributed by atoms with Crippen molar-refractivity contribution < 1.29 is 9.12 Å². The van der Waals surface area contributed by atoms with Gasteiger partial charge in [0.1, 0.15) is 5.82 Å². The van der Waals surface area contributed by atoms with Crippen LogP contribution in [0.15, 0.2) is 30.5 Å². The average molecular weight is 177 g/mol. The second-order valence-corrected chi connectivity index (χ2v) is 2.94. The molecule has 2 nitrogen and oxygen atoms in total. The Morgan fingerprint density at radius 3 is 2.85 bits per heavy atom. The summed E-state index contributed by atoms with van der Waals surface area (Å²) in [4.78, 5) is 0. The fourth-order valence-electron chi connectivity index (χ4n) is 1.39. The summed E-state index contributed by atoms with van der Waals surface area (Å²) >= 11 is 0. The quantitative estimate of drug-likeness (QED) is 0.446. The van der Waals surface area contributed by atoms with E-state index in [1.807, 2.05) is 0 Å². The standard InChI is InChI=1S/C10H8FNO/c1-7-8-3-2-6-12(13)10(8)5-4-9(7)11/h2-6H,1H3. The highest BCUT2D eigenvalue weighted by Gasteiger charge is 2.07. The number of halogens is 1. The van der Waals surface area contributed by atoms with Gasteiger partial charge in [0.2, 0.25) is 5.52 Å². The molecule has 0 saturated heterocycles. The summed E-state index contributed by atoms with van der Waals surface area (Å²) < 4.78 is 13.8. The third-order valence-corrected chi connectivity index (χ3v) is 2.15. The molecule has 0 radical (unpaired) electrons. The third-order valence-electron chi connectivity index (χ3n) is 2.15. The SMILES string of the molecule is Cc1c(F)ccc2c1ccc[n+]2[O-]. The van der Waals surface area contributed by atoms with Crippen molar-refractivity contribution in [3.8, 4) is 0 Å². The Hall–Kier alpha value is -1.64. The fraction of sp³-hybridized carbons (Fsp3) is 0.100. The molecule has 0 bridgehead atoms. The highest BCUT2D eigenvalue weighted by molar-refractivity contribution is 5.79. The van der Waals surface area contributed by atoms with Crippen LogP contribution in [-0.4, -0.2) is 0 Å². The van der Waals surface area contributed by atoms with E-state index < -0.39 is 0 Å². The maximum absolute atomic E-state index is 13.1. The van der Waals surface area contributed by atoms with Gasteiger partial charge in [-0.25, -0.2) is 4.39 Å². The predicted molar refractivity (Wildman–Crippen MR) is 47.6 cm³/mol. The fourth-order valence-corrected chi connectivity index (χ4v) is 1.39. The van der Waals surface area contributed by atoms with Crippen molar-refractivity contribution >= 4 is 10.9 Å². The second-order valence-electron chi connectivity index (χ2n) is 2.94. The number of aryl methyl sites for hydroxylation is 1. The van der Waals surface area contributed by atoms with Crippen molar-refractivity contribution in [1.82, 2.24) is 0 Å². The lowest BCUT2D eigenvalue weighted by atomic mass is 10.1. The van der Waals surface area contributed by atoms with Gasteiger partial charge in [-0.15, -0.1) is 0 Å². The van der Waals surface area contributed by atoms with Crippen LogP contribution in [-0.2, 0) is 0 Å². The van der Waals surface area contributed by atoms with Crippen LogP contribution in [0.3, 0.4) is 0 Å². The Morgan fingerprint density at radius 1 is 1.31 bits per heavy atom. The molecule has 1 aromatic carbocycles. The molecule has 0 amide bonds. The van der Waals surface area contributed by atoms with E-state index in [4.69, 9.17) is 0 Å². The molecule has 0 saturated carbocycles. The van der Waals surface area contributed by atoms with Gasteiger partial charge in [-0.3, -0.25) is 0 Å². The molecule has 2 aromatic rings. The third kappa shape index (κ3) is 1.13. The average Bonchev–Trinajstić information content (AvgIpc) is 2.12. The zero-order valence-electron chi connectivity index (χ0n) is 7.12. The van der Waals surface area contributed by atoms with Crippen molar-refractivity contribution in [2.24, 2.45) is 0 Å². The summed E-state index contributed by atoms with van der Waals surface area (Å²) in [6.45, 7) is 1.66. The van der Waals surface area contributed by atoms with Gasteiger partial charge in [-0.05, 0) is 24.6 Å². The normalized spacial score (nSPS) is 10.6. The van der Waals surface area contributed by atoms with Gasteiger partial charge in [-0.2, -0.15) is 4.73 Å². The van der Waals surface area contributed by atoms with Crippen LogP contribution in [0.1, 0.15) is 5.56 Å². The smallest absolute Gasteiger partial charge is 0.224 e. The van der Waals surface area contributed by atoms with E-state index in [1.165, 1.54) is 18.3 Å². The maximum atomic E-state index is 13.1. The van der Waals surface area contributed by atoms with Crippen LogP contribution in [0.25, 0.3) is 10.9 Å². The van der Waals surface area contributed by atoms with Crippen LogP contribution in [0.4, 0.5) is 4.39 Å². The van der Waals surface area contributed by atoms with Crippen LogP contribution >= 0.6 is 0 Å². The first-order valence-electron chi connectivity index (χ1n) is 3.97. The number of benzene rings is 1. The Morgan fingerprint density at radius 2 is 2.08 bits per heavy atom. The lowest BCUT2D eigenvalue weighted by molar-refractivity contribution is -0.577. The number of nitrogens with zero attached hydrogens (tertiary/aromatic N) is 1. The molecule has 0 N–H and O–H groups in total. The largest absolute Gasteiger partial charge is 0.618 e. The van der Waals surface area contributed by atoms with Crippen LogP contribution in [0.2, 0.25) is 0 Å². The number of hydrogen-bond donors (Lipinski definition) is 0. The van der Waals surface area contributed by atoms with E-state index in [0.717, 1.165) is 4.73 Å². The molecule has 0 unspecified atom stereocenters. The Kier molecular flexibility index (Phi) is 1.65. The predicted octanol–water partition coefficient (Wildman–Crippen LogP) is 1.92. The van der Waals surface area contributed by atoms with E-state index in [9.17, 15) is 9.60 Å². The molecule has 0 spiro atoms. The molecule has 0 aliphatic heterocycles. The number of rotatable bonds is 0. The number of fused-ring (bicyclic) bond motifs is 1. The summed E-state index contributed by atoms with van der Waals surface area (Å²) in [6, 6.07) is 6.15. The first kappa shape index (κ1) is 7.98. The van der Waals surface area contributed by atoms with E-state index in [1.54, 1.807) is 19.1 Å². The first-order valence-corrected chi connectivity index (χ1v) is 3.97. The Bertz CT molecular complexity index is 468. The van der Waals surface area contributed by atoms with E-state index in [-0.39, 0.29) is 5.82 Å². The molecule has 0 aliphatic carbocycles. The van der Waals surface area contributed by atoms with E-state index >= 15 is 0 Å². The zero-order valence-corrected chi connectivity index (χ0v) is 7.12. The maximum Gasteiger partial charge on any atom is 0.224 e. The number of hydrogen-bond acceptors (Lipinski definition) is 1. The lowest BCUT2D eigenvalue weighted by Crippen LogP contribution is -2.25. The summed E-state index contributed by atoms with van der Waals surface area (Å²) in [6.07, 6.45) is 1.40. The Balaban J connectivity index is 2.94. The molecule has 1 aromatic heterocycles. The van der Waals surface area contributed by atoms with Crippen LogP contribution in [0, 0.1) is 17.9 Å². The molecule has 1 heterocycles. The van der Waals surface area contributed by atoms with E-state index in [2.05, 4.69) is 0 Å². The van der Waals surface area contributed by atoms with Gasteiger partial charge < -0.3 is 5.21 Å². The first-order chi connectivity index (χ1) is 6.20. The molecule has 2 rings (SSSR count). The van der Waals surface area contributed by atoms with Crippen molar-refractivity contribution in [3.05, 3.63) is 47.1 Å². The molecular formula is C10H8FNO. The lowest BCUT2D eigenvalue weighted by Gasteiger charge is -2.03. The Labute approximate surface area is 74.8 Å². The minimum Gasteiger partial charge on any atom is -0.618 e. The van der Waals surface area contributed by atoms with Crippen LogP contribution in [0.5, 0.6) is 0 Å². The molecule has 13 heavy (non-hydrogen) atoms. The van der Waals surface area contributed by atoms with E-state index in [0.29, 0.717) is 16.5 Å². The summed E-state index contributed by atoms with van der Waals surface area (Å²) in [5.41, 5.74) is 1.02. The van der Waals surface area contributed by atoms with Gasteiger partial charge in [0.05, 0.1) is 5.39 Å². The second kappa shape index (κ2) is 2.69. The van der Waals surface area contributed by atoms with Gasteiger partial charge in [0.25, 0.3) is 0 Å². The molecule has 0 aliphatic rings. The van der Waals surface area contributed by atoms with Gasteiger partial charge in [-0.1, -0.05) is 0 Å². The van der Waals surface area contributed by atoms with Crippen LogP contribution < -0.4 is 4.73 Å². The van der Waals surface area contributed by atoms with Gasteiger partial charge >= 0.3 is 0 Å². The molecule has 66 valence electrons. The number of aromatic nitrogens is 1. The van der Waals surface area contributed by atoms with Gasteiger partial charge in [0.15, 0.2) is 6.20 Å². The minimum absolute atomic E-state index is 0.279. The summed E-state index contributed by atoms with van der Waals surface area (Å²) in [5.74, 6) is -0.279. The van der Waals surface area contributed by atoms with Crippen molar-refractivity contribution in [3.63, 3.8) is 0 Å². The summed E-state index contributed by atoms with van der Waals surface area (Å²) in [7, 11) is 0. The van der Waals surface area contributed by atoms with Crippen molar-refractivity contribution in [1.29, 1.82) is 0 Å². The summed E-state index contributed by atoms with van der Waals surface area (Å²) in [5, 5.41) is 11.9. The zero-order chi connectivity index (χ0) is 9.42. The highest BCUT2D eigenvalue weighted by Crippen LogP contribution is 2.17. The molecule has 3 heteroatoms. The van der Waals surface area contributed by atoms with Crippen molar-refractivity contribution in [2.75, 3.05) is 0 Å². The number of pyridine rings is 1. The highest BCUT2D eigenvalue weighted by atomic mass is 19.1. The topological polar surface area (TPSA) is 26.9 Å². The molecule has 0 fully saturated rings. The minimum atomic E-state index is -0.279.